The minimum absolute atomic E-state index is 0.0530. The Hall–Kier alpha value is -1.12. The summed E-state index contributed by atoms with van der Waals surface area (Å²) in [5.41, 5.74) is 0. The monoisotopic (exact) mass is 226 g/mol. The van der Waals surface area contributed by atoms with Crippen LogP contribution in [0, 0.1) is 11.8 Å². The average molecular weight is 226 g/mol. The maximum Gasteiger partial charge on any atom is 0.375 e. The van der Waals surface area contributed by atoms with Crippen LogP contribution in [-0.2, 0) is 14.3 Å². The summed E-state index contributed by atoms with van der Waals surface area (Å²) in [6, 6.07) is 0. The molecule has 3 nitrogen and oxygen atoms in total. The molecule has 0 bridgehead atoms. The lowest BCUT2D eigenvalue weighted by Gasteiger charge is -2.18. The van der Waals surface area contributed by atoms with Gasteiger partial charge in [0, 0.05) is 5.92 Å². The first-order valence-corrected chi connectivity index (χ1v) is 5.81. The van der Waals surface area contributed by atoms with Gasteiger partial charge in [0.1, 0.15) is 0 Å². The molecule has 0 aromatic carbocycles. The Balaban J connectivity index is 4.46. The van der Waals surface area contributed by atoms with Gasteiger partial charge < -0.3 is 4.74 Å². The highest BCUT2D eigenvalue weighted by molar-refractivity contribution is 6.34. The van der Waals surface area contributed by atoms with Gasteiger partial charge in [0.25, 0.3) is 0 Å². The molecule has 0 aromatic heterocycles. The third-order valence-corrected chi connectivity index (χ3v) is 2.52. The summed E-state index contributed by atoms with van der Waals surface area (Å²) in [5, 5.41) is 0. The Bertz CT molecular complexity index is 256. The van der Waals surface area contributed by atoms with Gasteiger partial charge in [-0.1, -0.05) is 26.3 Å². The van der Waals surface area contributed by atoms with Crippen LogP contribution in [0.1, 0.15) is 40.5 Å². The van der Waals surface area contributed by atoms with Gasteiger partial charge in [0.15, 0.2) is 0 Å². The van der Waals surface area contributed by atoms with E-state index in [1.54, 1.807) is 26.8 Å². The van der Waals surface area contributed by atoms with E-state index in [4.69, 9.17) is 4.74 Å². The van der Waals surface area contributed by atoms with E-state index in [-0.39, 0.29) is 17.9 Å². The predicted molar refractivity (Wildman–Crippen MR) is 64.0 cm³/mol. The second-order valence-corrected chi connectivity index (χ2v) is 4.30. The number of ketones is 1. The van der Waals surface area contributed by atoms with Crippen LogP contribution in [0.25, 0.3) is 0 Å². The smallest absolute Gasteiger partial charge is 0.375 e. The molecule has 0 spiro atoms. The number of Topliss-reactive ketones (excluding diaryl/α,β-unsaturated/α-hetero) is 1. The van der Waals surface area contributed by atoms with Gasteiger partial charge in [0.2, 0.25) is 5.78 Å². The minimum Gasteiger partial charge on any atom is -0.457 e. The minimum atomic E-state index is -0.731. The molecule has 0 aliphatic rings. The number of hydrogen-bond acceptors (Lipinski definition) is 3. The van der Waals surface area contributed by atoms with E-state index in [0.717, 1.165) is 12.8 Å². The van der Waals surface area contributed by atoms with Crippen LogP contribution < -0.4 is 0 Å². The van der Waals surface area contributed by atoms with E-state index >= 15 is 0 Å². The Labute approximate surface area is 97.9 Å². The summed E-state index contributed by atoms with van der Waals surface area (Å²) in [6.45, 7) is 11.0. The molecule has 16 heavy (non-hydrogen) atoms. The van der Waals surface area contributed by atoms with Crippen molar-refractivity contribution in [3.8, 4) is 0 Å². The van der Waals surface area contributed by atoms with Crippen molar-refractivity contribution in [3.05, 3.63) is 12.7 Å². The molecule has 0 fully saturated rings. The average Bonchev–Trinajstić information content (AvgIpc) is 2.22. The van der Waals surface area contributed by atoms with E-state index in [2.05, 4.69) is 6.58 Å². The van der Waals surface area contributed by atoms with E-state index in [1.807, 2.05) is 6.92 Å². The van der Waals surface area contributed by atoms with Crippen LogP contribution in [0.4, 0.5) is 0 Å². The zero-order valence-electron chi connectivity index (χ0n) is 10.7. The van der Waals surface area contributed by atoms with Crippen molar-refractivity contribution in [2.24, 2.45) is 11.8 Å². The lowest BCUT2D eigenvalue weighted by atomic mass is 9.87. The number of hydrogen-bond donors (Lipinski definition) is 0. The second kappa shape index (κ2) is 7.20. The molecular weight excluding hydrogens is 204 g/mol. The maximum atomic E-state index is 11.7. The first kappa shape index (κ1) is 14.9. The highest BCUT2D eigenvalue weighted by Gasteiger charge is 2.28. The first-order valence-electron chi connectivity index (χ1n) is 5.81. The fourth-order valence-electron chi connectivity index (χ4n) is 1.56. The molecule has 2 atom stereocenters. The molecule has 0 heterocycles. The van der Waals surface area contributed by atoms with Gasteiger partial charge in [-0.2, -0.15) is 0 Å². The Morgan fingerprint density at radius 3 is 2.25 bits per heavy atom. The molecule has 0 saturated heterocycles. The molecule has 0 N–H and O–H groups in total. The van der Waals surface area contributed by atoms with Gasteiger partial charge in [-0.25, -0.2) is 4.79 Å². The van der Waals surface area contributed by atoms with Gasteiger partial charge in [-0.05, 0) is 26.2 Å². The number of rotatable bonds is 7. The van der Waals surface area contributed by atoms with Gasteiger partial charge in [-0.3, -0.25) is 4.79 Å². The van der Waals surface area contributed by atoms with Crippen molar-refractivity contribution < 1.29 is 14.3 Å². The fourth-order valence-corrected chi connectivity index (χ4v) is 1.56. The maximum absolute atomic E-state index is 11.7. The number of allylic oxidation sites excluding steroid dienone is 1. The lowest BCUT2D eigenvalue weighted by Crippen LogP contribution is -2.30. The van der Waals surface area contributed by atoms with Crippen LogP contribution in [0.5, 0.6) is 0 Å². The molecule has 92 valence electrons. The Kier molecular flexibility index (Phi) is 6.70. The van der Waals surface area contributed by atoms with Crippen LogP contribution >= 0.6 is 0 Å². The van der Waals surface area contributed by atoms with E-state index in [0.29, 0.717) is 0 Å². The quantitative estimate of drug-likeness (QED) is 0.381. The summed E-state index contributed by atoms with van der Waals surface area (Å²) in [5.74, 6) is -1.47. The summed E-state index contributed by atoms with van der Waals surface area (Å²) < 4.78 is 4.88. The van der Waals surface area contributed by atoms with Crippen LogP contribution in [0.15, 0.2) is 12.7 Å². The lowest BCUT2D eigenvalue weighted by molar-refractivity contribution is -0.158. The number of carbonyl (C=O) groups is 2. The van der Waals surface area contributed by atoms with Crippen molar-refractivity contribution in [3.63, 3.8) is 0 Å². The highest BCUT2D eigenvalue weighted by Crippen LogP contribution is 2.20. The summed E-state index contributed by atoms with van der Waals surface area (Å²) in [7, 11) is 0. The summed E-state index contributed by atoms with van der Waals surface area (Å²) in [4.78, 5) is 23.1. The van der Waals surface area contributed by atoms with Crippen LogP contribution in [0.2, 0.25) is 0 Å². The molecule has 0 radical (unpaired) electrons. The Morgan fingerprint density at radius 1 is 1.31 bits per heavy atom. The number of esters is 1. The molecule has 0 amide bonds. The van der Waals surface area contributed by atoms with E-state index < -0.39 is 11.8 Å². The molecule has 3 heteroatoms. The standard InChI is InChI=1S/C13H22O3/c1-6-8-11(7-2)10(5)12(14)13(15)16-9(3)4/h7,9-11H,2,6,8H2,1,3-5H3/t10-,11+/m0/s1. The molecule has 0 aromatic rings. The van der Waals surface area contributed by atoms with Crippen molar-refractivity contribution in [1.82, 2.24) is 0 Å². The highest BCUT2D eigenvalue weighted by atomic mass is 16.5. The van der Waals surface area contributed by atoms with Crippen LogP contribution in [0.3, 0.4) is 0 Å². The van der Waals surface area contributed by atoms with Crippen molar-refractivity contribution in [1.29, 1.82) is 0 Å². The van der Waals surface area contributed by atoms with Crippen molar-refractivity contribution in [2.75, 3.05) is 0 Å². The zero-order valence-corrected chi connectivity index (χ0v) is 10.7. The SMILES string of the molecule is C=C[C@H](CCC)[C@H](C)C(=O)C(=O)OC(C)C. The Morgan fingerprint density at radius 2 is 1.88 bits per heavy atom. The first-order chi connectivity index (χ1) is 7.43. The molecular formula is C13H22O3. The molecule has 0 saturated carbocycles. The topological polar surface area (TPSA) is 43.4 Å². The van der Waals surface area contributed by atoms with Gasteiger partial charge in [-0.15, -0.1) is 6.58 Å². The fraction of sp³-hybridized carbons (Fsp3) is 0.692. The normalized spacial score (nSPS) is 14.3. The number of carbonyl (C=O) groups excluding carboxylic acids is 2. The largest absolute Gasteiger partial charge is 0.457 e. The molecule has 0 aliphatic carbocycles. The summed E-state index contributed by atoms with van der Waals surface area (Å²) >= 11 is 0. The molecule has 0 aliphatic heterocycles. The number of ether oxygens (including phenoxy) is 1. The third-order valence-electron chi connectivity index (χ3n) is 2.52. The van der Waals surface area contributed by atoms with Crippen molar-refractivity contribution >= 4 is 11.8 Å². The molecule has 0 rings (SSSR count). The second-order valence-electron chi connectivity index (χ2n) is 4.30. The van der Waals surface area contributed by atoms with Crippen LogP contribution in [-0.4, -0.2) is 17.9 Å². The molecule has 0 unspecified atom stereocenters. The third kappa shape index (κ3) is 4.60. The summed E-state index contributed by atoms with van der Waals surface area (Å²) in [6.07, 6.45) is 3.32. The van der Waals surface area contributed by atoms with Gasteiger partial charge in [0.05, 0.1) is 6.10 Å². The zero-order chi connectivity index (χ0) is 12.7. The van der Waals surface area contributed by atoms with E-state index in [1.165, 1.54) is 0 Å². The van der Waals surface area contributed by atoms with Crippen molar-refractivity contribution in [2.45, 2.75) is 46.6 Å². The predicted octanol–water partition coefficient (Wildman–Crippen LogP) is 2.75. The van der Waals surface area contributed by atoms with Gasteiger partial charge >= 0.3 is 5.97 Å². The van der Waals surface area contributed by atoms with E-state index in [9.17, 15) is 9.59 Å².